The molecule has 0 bridgehead atoms. The Kier molecular flexibility index (Phi) is 4.61. The minimum Gasteiger partial charge on any atom is -0.361 e. The number of nitrogens with one attached hydrogen (secondary N) is 2. The number of rotatable bonds is 6. The Morgan fingerprint density at radius 1 is 1.32 bits per heavy atom. The molecule has 0 atom stereocenters. The molecule has 3 aromatic heterocycles. The van der Waals surface area contributed by atoms with E-state index in [9.17, 15) is 13.2 Å². The molecule has 0 saturated carbocycles. The fourth-order valence-corrected chi connectivity index (χ4v) is 3.82. The van der Waals surface area contributed by atoms with Gasteiger partial charge in [-0.15, -0.1) is 0 Å². The van der Waals surface area contributed by atoms with E-state index in [0.29, 0.717) is 11.5 Å². The van der Waals surface area contributed by atoms with Gasteiger partial charge in [-0.05, 0) is 6.92 Å². The normalized spacial score (nSPS) is 11.6. The molecule has 13 heteroatoms. The van der Waals surface area contributed by atoms with Gasteiger partial charge in [0.1, 0.15) is 5.76 Å². The Morgan fingerprint density at radius 2 is 2.12 bits per heavy atom. The molecule has 0 spiro atoms. The van der Waals surface area contributed by atoms with Crippen molar-refractivity contribution in [1.29, 1.82) is 0 Å². The van der Waals surface area contributed by atoms with E-state index in [2.05, 4.69) is 30.3 Å². The molecule has 0 saturated heterocycles. The third kappa shape index (κ3) is 4.07. The van der Waals surface area contributed by atoms with Gasteiger partial charge in [0.05, 0.1) is 12.7 Å². The lowest BCUT2D eigenvalue weighted by Crippen LogP contribution is -2.22. The molecule has 3 rings (SSSR count). The molecule has 0 unspecified atom stereocenters. The van der Waals surface area contributed by atoms with E-state index in [0.717, 1.165) is 17.5 Å². The van der Waals surface area contributed by atoms with Crippen LogP contribution in [0, 0.1) is 6.92 Å². The predicted octanol–water partition coefficient (Wildman–Crippen LogP) is 0.926. The summed E-state index contributed by atoms with van der Waals surface area (Å²) >= 11 is 0.826. The number of thiazole rings is 1. The quantitative estimate of drug-likeness (QED) is 0.631. The van der Waals surface area contributed by atoms with Gasteiger partial charge < -0.3 is 14.4 Å². The Bertz CT molecular complexity index is 1000. The van der Waals surface area contributed by atoms with Crippen LogP contribution >= 0.6 is 11.3 Å². The number of carbonyl (C=O) groups excluding carboxylic acids is 1. The second kappa shape index (κ2) is 6.70. The van der Waals surface area contributed by atoms with Crippen molar-refractivity contribution in [2.24, 2.45) is 0 Å². The highest BCUT2D eigenvalue weighted by Gasteiger charge is 2.20. The number of hydrogen-bond acceptors (Lipinski definition) is 10. The molecule has 25 heavy (non-hydrogen) atoms. The number of anilines is 1. The topological polar surface area (TPSA) is 153 Å². The summed E-state index contributed by atoms with van der Waals surface area (Å²) in [5.41, 5.74) is 0.387. The zero-order valence-electron chi connectivity index (χ0n) is 13.0. The summed E-state index contributed by atoms with van der Waals surface area (Å²) < 4.78 is 36.6. The first-order chi connectivity index (χ1) is 11.8. The highest BCUT2D eigenvalue weighted by molar-refractivity contribution is 7.91. The van der Waals surface area contributed by atoms with E-state index in [4.69, 9.17) is 9.05 Å². The molecular formula is C12H12N6O5S2. The van der Waals surface area contributed by atoms with Crippen molar-refractivity contribution >= 4 is 32.4 Å². The summed E-state index contributed by atoms with van der Waals surface area (Å²) in [7, 11) is -3.83. The zero-order valence-corrected chi connectivity index (χ0v) is 14.6. The average molecular weight is 384 g/mol. The molecule has 0 fully saturated rings. The first-order valence-electron chi connectivity index (χ1n) is 6.83. The molecule has 0 aliphatic rings. The molecule has 3 heterocycles. The van der Waals surface area contributed by atoms with Crippen molar-refractivity contribution in [2.45, 2.75) is 24.6 Å². The largest absolute Gasteiger partial charge is 0.361 e. The third-order valence-corrected chi connectivity index (χ3v) is 5.55. The SMILES string of the molecule is CC(=O)Nc1ncc(S(=O)(=O)NCc2nc(-c3cc(C)on3)no2)s1. The number of aromatic nitrogens is 4. The van der Waals surface area contributed by atoms with Gasteiger partial charge in [0.15, 0.2) is 15.0 Å². The van der Waals surface area contributed by atoms with Crippen LogP contribution in [0.5, 0.6) is 0 Å². The maximum Gasteiger partial charge on any atom is 0.252 e. The Balaban J connectivity index is 1.67. The van der Waals surface area contributed by atoms with Gasteiger partial charge in [0.25, 0.3) is 10.0 Å². The lowest BCUT2D eigenvalue weighted by atomic mass is 10.4. The fraction of sp³-hybridized carbons (Fsp3) is 0.250. The highest BCUT2D eigenvalue weighted by Crippen LogP contribution is 2.23. The molecule has 2 N–H and O–H groups in total. The van der Waals surface area contributed by atoms with Gasteiger partial charge in [-0.2, -0.15) is 4.98 Å². The van der Waals surface area contributed by atoms with Gasteiger partial charge in [0.2, 0.25) is 17.6 Å². The minimum absolute atomic E-state index is 0.0527. The van der Waals surface area contributed by atoms with Gasteiger partial charge >= 0.3 is 0 Å². The van der Waals surface area contributed by atoms with Crippen LogP contribution in [-0.4, -0.2) is 34.6 Å². The van der Waals surface area contributed by atoms with Crippen molar-refractivity contribution in [3.8, 4) is 11.5 Å². The molecule has 11 nitrogen and oxygen atoms in total. The monoisotopic (exact) mass is 384 g/mol. The highest BCUT2D eigenvalue weighted by atomic mass is 32.2. The van der Waals surface area contributed by atoms with Crippen LogP contribution in [0.15, 0.2) is 25.5 Å². The maximum atomic E-state index is 12.2. The Morgan fingerprint density at radius 3 is 2.80 bits per heavy atom. The number of hydrogen-bond donors (Lipinski definition) is 2. The van der Waals surface area contributed by atoms with Gasteiger partial charge in [-0.25, -0.2) is 18.1 Å². The number of nitrogens with zero attached hydrogens (tertiary/aromatic N) is 4. The Hall–Kier alpha value is -2.64. The number of carbonyl (C=O) groups is 1. The standard InChI is InChI=1S/C12H12N6O5S2/c1-6-3-8(17-22-6)11-16-9(23-18-11)4-14-25(20,21)10-5-13-12(24-10)15-7(2)19/h3,5,14H,4H2,1-2H3,(H,13,15,19). The van der Waals surface area contributed by atoms with Crippen molar-refractivity contribution in [2.75, 3.05) is 5.32 Å². The maximum absolute atomic E-state index is 12.2. The van der Waals surface area contributed by atoms with Gasteiger partial charge in [-0.3, -0.25) is 4.79 Å². The number of sulfonamides is 1. The number of aryl methyl sites for hydroxylation is 1. The summed E-state index contributed by atoms with van der Waals surface area (Å²) in [5, 5.41) is 10.1. The molecule has 0 aliphatic heterocycles. The van der Waals surface area contributed by atoms with E-state index in [1.807, 2.05) is 0 Å². The molecule has 132 valence electrons. The summed E-state index contributed by atoms with van der Waals surface area (Å²) in [6.45, 7) is 2.81. The van der Waals surface area contributed by atoms with Gasteiger partial charge in [-0.1, -0.05) is 21.7 Å². The fourth-order valence-electron chi connectivity index (χ4n) is 1.72. The van der Waals surface area contributed by atoms with E-state index in [1.165, 1.54) is 6.92 Å². The molecule has 1 amide bonds. The summed E-state index contributed by atoms with van der Waals surface area (Å²) in [4.78, 5) is 18.8. The minimum atomic E-state index is -3.83. The van der Waals surface area contributed by atoms with Gasteiger partial charge in [0, 0.05) is 13.0 Å². The van der Waals surface area contributed by atoms with Crippen LogP contribution in [0.2, 0.25) is 0 Å². The second-order valence-corrected chi connectivity index (χ2v) is 7.85. The van der Waals surface area contributed by atoms with Crippen molar-refractivity contribution < 1.29 is 22.3 Å². The predicted molar refractivity (Wildman–Crippen MR) is 85.0 cm³/mol. The third-order valence-electron chi connectivity index (χ3n) is 2.77. The van der Waals surface area contributed by atoms with Crippen LogP contribution in [0.4, 0.5) is 5.13 Å². The van der Waals surface area contributed by atoms with Crippen LogP contribution < -0.4 is 10.0 Å². The summed E-state index contributed by atoms with van der Waals surface area (Å²) in [6.07, 6.45) is 1.15. The van der Waals surface area contributed by atoms with E-state index in [1.54, 1.807) is 13.0 Å². The van der Waals surface area contributed by atoms with E-state index < -0.39 is 10.0 Å². The lowest BCUT2D eigenvalue weighted by molar-refractivity contribution is -0.114. The van der Waals surface area contributed by atoms with Crippen molar-refractivity contribution in [3.05, 3.63) is 23.9 Å². The van der Waals surface area contributed by atoms with E-state index >= 15 is 0 Å². The van der Waals surface area contributed by atoms with Crippen LogP contribution in [0.1, 0.15) is 18.6 Å². The molecule has 0 aliphatic carbocycles. The van der Waals surface area contributed by atoms with Crippen LogP contribution in [0.25, 0.3) is 11.5 Å². The van der Waals surface area contributed by atoms with Crippen LogP contribution in [-0.2, 0) is 21.4 Å². The molecule has 3 aromatic rings. The lowest BCUT2D eigenvalue weighted by Gasteiger charge is -2.00. The number of amides is 1. The van der Waals surface area contributed by atoms with E-state index in [-0.39, 0.29) is 33.5 Å². The first kappa shape index (κ1) is 17.2. The molecule has 0 aromatic carbocycles. The average Bonchev–Trinajstić information content (AvgIpc) is 3.24. The van der Waals surface area contributed by atoms with Crippen molar-refractivity contribution in [1.82, 2.24) is 25.0 Å². The second-order valence-electron chi connectivity index (χ2n) is 4.82. The molecule has 0 radical (unpaired) electrons. The first-order valence-corrected chi connectivity index (χ1v) is 9.13. The Labute approximate surface area is 145 Å². The summed E-state index contributed by atoms with van der Waals surface area (Å²) in [5.74, 6) is 0.498. The smallest absolute Gasteiger partial charge is 0.252 e. The summed E-state index contributed by atoms with van der Waals surface area (Å²) in [6, 6.07) is 1.62. The molecular weight excluding hydrogens is 372 g/mol. The zero-order chi connectivity index (χ0) is 18.0. The van der Waals surface area contributed by atoms with Crippen LogP contribution in [0.3, 0.4) is 0 Å². The van der Waals surface area contributed by atoms with Crippen molar-refractivity contribution in [3.63, 3.8) is 0 Å².